The first-order valence-electron chi connectivity index (χ1n) is 5.57. The van der Waals surface area contributed by atoms with Gasteiger partial charge in [-0.3, -0.25) is 0 Å². The lowest BCUT2D eigenvalue weighted by Crippen LogP contribution is -2.33. The lowest BCUT2D eigenvalue weighted by Gasteiger charge is -2.16. The van der Waals surface area contributed by atoms with Gasteiger partial charge in [0.15, 0.2) is 0 Å². The Hall–Kier alpha value is -1.75. The third kappa shape index (κ3) is 2.88. The molecule has 17 heavy (non-hydrogen) atoms. The summed E-state index contributed by atoms with van der Waals surface area (Å²) in [7, 11) is 1.58. The number of benzene rings is 1. The zero-order valence-electron chi connectivity index (χ0n) is 9.72. The van der Waals surface area contributed by atoms with Gasteiger partial charge in [-0.05, 0) is 18.6 Å². The van der Waals surface area contributed by atoms with Gasteiger partial charge in [0.2, 0.25) is 0 Å². The second-order valence-electron chi connectivity index (χ2n) is 4.05. The Morgan fingerprint density at radius 1 is 1.59 bits per heavy atom. The van der Waals surface area contributed by atoms with Crippen LogP contribution < -0.4 is 10.1 Å². The Morgan fingerprint density at radius 3 is 3.06 bits per heavy atom. The van der Waals surface area contributed by atoms with E-state index in [0.717, 1.165) is 0 Å². The van der Waals surface area contributed by atoms with Crippen LogP contribution in [0.3, 0.4) is 0 Å². The number of carbonyl (C=O) groups excluding carboxylic acids is 1. The Labute approximate surface area is 100.0 Å². The fourth-order valence-electron chi connectivity index (χ4n) is 1.83. The van der Waals surface area contributed by atoms with Gasteiger partial charge < -0.3 is 20.1 Å². The van der Waals surface area contributed by atoms with E-state index in [2.05, 4.69) is 5.32 Å². The van der Waals surface area contributed by atoms with Gasteiger partial charge in [-0.1, -0.05) is 6.07 Å². The van der Waals surface area contributed by atoms with Gasteiger partial charge in [0.1, 0.15) is 5.75 Å². The van der Waals surface area contributed by atoms with Crippen molar-refractivity contribution in [2.45, 2.75) is 12.5 Å². The molecule has 0 unspecified atom stereocenters. The van der Waals surface area contributed by atoms with Crippen molar-refractivity contribution in [3.63, 3.8) is 0 Å². The number of ether oxygens (including phenoxy) is 1. The third-order valence-electron chi connectivity index (χ3n) is 2.77. The third-order valence-corrected chi connectivity index (χ3v) is 2.77. The molecule has 5 nitrogen and oxygen atoms in total. The van der Waals surface area contributed by atoms with Crippen LogP contribution in [0.15, 0.2) is 24.3 Å². The van der Waals surface area contributed by atoms with Gasteiger partial charge in [0.25, 0.3) is 0 Å². The van der Waals surface area contributed by atoms with Gasteiger partial charge >= 0.3 is 6.03 Å². The van der Waals surface area contributed by atoms with Crippen LogP contribution >= 0.6 is 0 Å². The molecule has 2 rings (SSSR count). The number of nitrogens with one attached hydrogen (secondary N) is 1. The Bertz CT molecular complexity index is 408. The number of β-amino-alcohol motifs (C(OH)–C–C–N with tert-alkyl or cyclic N) is 1. The number of anilines is 1. The summed E-state index contributed by atoms with van der Waals surface area (Å²) in [6.07, 6.45) is 0.247. The summed E-state index contributed by atoms with van der Waals surface area (Å²) in [6.45, 7) is 0.993. The maximum absolute atomic E-state index is 11.8. The largest absolute Gasteiger partial charge is 0.497 e. The van der Waals surface area contributed by atoms with E-state index in [9.17, 15) is 9.90 Å². The Balaban J connectivity index is 1.98. The van der Waals surface area contributed by atoms with Gasteiger partial charge in [-0.25, -0.2) is 4.79 Å². The fourth-order valence-corrected chi connectivity index (χ4v) is 1.83. The summed E-state index contributed by atoms with van der Waals surface area (Å²) in [5.41, 5.74) is 0.690. The standard InChI is InChI=1S/C12H16N2O3/c1-17-11-4-2-3-9(7-11)13-12(16)14-6-5-10(15)8-14/h2-4,7,10,15H,5-6,8H2,1H3,(H,13,16)/t10-/m0/s1. The molecule has 1 aromatic carbocycles. The molecule has 0 saturated carbocycles. The number of methoxy groups -OCH3 is 1. The van der Waals surface area contributed by atoms with E-state index in [-0.39, 0.29) is 6.03 Å². The van der Waals surface area contributed by atoms with Crippen LogP contribution in [0.25, 0.3) is 0 Å². The highest BCUT2D eigenvalue weighted by molar-refractivity contribution is 5.89. The Kier molecular flexibility index (Phi) is 3.49. The summed E-state index contributed by atoms with van der Waals surface area (Å²) in [5.74, 6) is 0.698. The number of aliphatic hydroxyl groups is 1. The van der Waals surface area contributed by atoms with E-state index in [1.54, 1.807) is 24.1 Å². The molecule has 92 valence electrons. The summed E-state index contributed by atoms with van der Waals surface area (Å²) in [4.78, 5) is 13.4. The highest BCUT2D eigenvalue weighted by Gasteiger charge is 2.24. The number of rotatable bonds is 2. The molecule has 2 amide bonds. The molecule has 0 aliphatic carbocycles. The second-order valence-corrected chi connectivity index (χ2v) is 4.05. The van der Waals surface area contributed by atoms with Crippen molar-refractivity contribution >= 4 is 11.7 Å². The minimum absolute atomic E-state index is 0.185. The minimum atomic E-state index is -0.397. The molecule has 1 aromatic rings. The van der Waals surface area contributed by atoms with Crippen LogP contribution in [0.1, 0.15) is 6.42 Å². The molecule has 1 fully saturated rings. The first kappa shape index (κ1) is 11.7. The number of hydrogen-bond donors (Lipinski definition) is 2. The zero-order chi connectivity index (χ0) is 12.3. The summed E-state index contributed by atoms with van der Waals surface area (Å²) in [5, 5.41) is 12.1. The SMILES string of the molecule is COc1cccc(NC(=O)N2CC[C@H](O)C2)c1. The average Bonchev–Trinajstić information content (AvgIpc) is 2.76. The maximum atomic E-state index is 11.8. The topological polar surface area (TPSA) is 61.8 Å². The van der Waals surface area contributed by atoms with Gasteiger partial charge in [-0.2, -0.15) is 0 Å². The van der Waals surface area contributed by atoms with E-state index >= 15 is 0 Å². The molecule has 1 atom stereocenters. The summed E-state index contributed by atoms with van der Waals surface area (Å²) in [6, 6.07) is 7.00. The number of carbonyl (C=O) groups is 1. The monoisotopic (exact) mass is 236 g/mol. The summed E-state index contributed by atoms with van der Waals surface area (Å²) >= 11 is 0. The molecule has 1 aliphatic heterocycles. The second kappa shape index (κ2) is 5.05. The molecule has 0 radical (unpaired) electrons. The number of aliphatic hydroxyl groups excluding tert-OH is 1. The van der Waals surface area contributed by atoms with Crippen molar-refractivity contribution in [3.05, 3.63) is 24.3 Å². The van der Waals surface area contributed by atoms with Crippen molar-refractivity contribution in [1.29, 1.82) is 0 Å². The first-order chi connectivity index (χ1) is 8.19. The molecule has 1 aliphatic rings. The molecule has 0 spiro atoms. The van der Waals surface area contributed by atoms with E-state index in [0.29, 0.717) is 30.9 Å². The molecule has 0 bridgehead atoms. The van der Waals surface area contributed by atoms with Crippen molar-refractivity contribution in [2.75, 3.05) is 25.5 Å². The van der Waals surface area contributed by atoms with Crippen molar-refractivity contribution in [3.8, 4) is 5.75 Å². The van der Waals surface area contributed by atoms with E-state index in [4.69, 9.17) is 4.74 Å². The van der Waals surface area contributed by atoms with Gasteiger partial charge in [0.05, 0.1) is 13.2 Å². The smallest absolute Gasteiger partial charge is 0.321 e. The summed E-state index contributed by atoms with van der Waals surface area (Å²) < 4.78 is 5.07. The maximum Gasteiger partial charge on any atom is 0.321 e. The lowest BCUT2D eigenvalue weighted by atomic mass is 10.3. The molecular formula is C12H16N2O3. The van der Waals surface area contributed by atoms with Crippen LogP contribution in [-0.2, 0) is 0 Å². The lowest BCUT2D eigenvalue weighted by molar-refractivity contribution is 0.176. The van der Waals surface area contributed by atoms with Crippen LogP contribution in [0.2, 0.25) is 0 Å². The van der Waals surface area contributed by atoms with Crippen LogP contribution in [-0.4, -0.2) is 42.3 Å². The van der Waals surface area contributed by atoms with Crippen LogP contribution in [0, 0.1) is 0 Å². The van der Waals surface area contributed by atoms with Crippen LogP contribution in [0.5, 0.6) is 5.75 Å². The van der Waals surface area contributed by atoms with Crippen molar-refractivity contribution in [1.82, 2.24) is 4.90 Å². The van der Waals surface area contributed by atoms with E-state index < -0.39 is 6.10 Å². The minimum Gasteiger partial charge on any atom is -0.497 e. The van der Waals surface area contributed by atoms with Crippen LogP contribution in [0.4, 0.5) is 10.5 Å². The highest BCUT2D eigenvalue weighted by Crippen LogP contribution is 2.18. The molecule has 1 heterocycles. The fraction of sp³-hybridized carbons (Fsp3) is 0.417. The molecular weight excluding hydrogens is 220 g/mol. The highest BCUT2D eigenvalue weighted by atomic mass is 16.5. The predicted molar refractivity (Wildman–Crippen MR) is 64.2 cm³/mol. The van der Waals surface area contributed by atoms with Gasteiger partial charge in [0, 0.05) is 24.8 Å². The quantitative estimate of drug-likeness (QED) is 0.813. The van der Waals surface area contributed by atoms with Crippen molar-refractivity contribution < 1.29 is 14.6 Å². The van der Waals surface area contributed by atoms with E-state index in [1.165, 1.54) is 0 Å². The number of likely N-dealkylation sites (tertiary alicyclic amines) is 1. The molecule has 2 N–H and O–H groups in total. The van der Waals surface area contributed by atoms with Crippen molar-refractivity contribution in [2.24, 2.45) is 0 Å². The zero-order valence-corrected chi connectivity index (χ0v) is 9.72. The average molecular weight is 236 g/mol. The number of amides is 2. The molecule has 0 aromatic heterocycles. The molecule has 1 saturated heterocycles. The number of hydrogen-bond acceptors (Lipinski definition) is 3. The predicted octanol–water partition coefficient (Wildman–Crippen LogP) is 1.29. The number of nitrogens with zero attached hydrogens (tertiary/aromatic N) is 1. The molecule has 5 heteroatoms. The Morgan fingerprint density at radius 2 is 2.41 bits per heavy atom. The van der Waals surface area contributed by atoms with Gasteiger partial charge in [-0.15, -0.1) is 0 Å². The van der Waals surface area contributed by atoms with E-state index in [1.807, 2.05) is 12.1 Å². The normalized spacial score (nSPS) is 19.2. The number of urea groups is 1. The first-order valence-corrected chi connectivity index (χ1v) is 5.57.